The molecule has 0 bridgehead atoms. The van der Waals surface area contributed by atoms with Gasteiger partial charge in [-0.25, -0.2) is 4.79 Å². The van der Waals surface area contributed by atoms with Crippen LogP contribution in [0.1, 0.15) is 15.9 Å². The summed E-state index contributed by atoms with van der Waals surface area (Å²) in [7, 11) is 4.28. The van der Waals surface area contributed by atoms with Crippen molar-refractivity contribution < 1.29 is 23.8 Å². The van der Waals surface area contributed by atoms with E-state index in [1.54, 1.807) is 30.3 Å². The highest BCUT2D eigenvalue weighted by atomic mass is 127. The Balaban J connectivity index is 2.37. The molecule has 0 unspecified atom stereocenters. The fourth-order valence-corrected chi connectivity index (χ4v) is 3.25. The third kappa shape index (κ3) is 4.80. The molecule has 0 saturated heterocycles. The molecule has 1 amide bonds. The van der Waals surface area contributed by atoms with Crippen molar-refractivity contribution in [2.24, 2.45) is 0 Å². The minimum Gasteiger partial charge on any atom is -0.493 e. The average molecular weight is 492 g/mol. The zero-order valence-corrected chi connectivity index (χ0v) is 17.6. The van der Waals surface area contributed by atoms with Crippen LogP contribution in [0.4, 0.5) is 5.69 Å². The van der Waals surface area contributed by atoms with E-state index < -0.39 is 11.9 Å². The summed E-state index contributed by atoms with van der Waals surface area (Å²) in [4.78, 5) is 24.4. The van der Waals surface area contributed by atoms with Gasteiger partial charge >= 0.3 is 5.97 Å². The Labute approximate surface area is 176 Å². The first-order valence-electron chi connectivity index (χ1n) is 7.97. The normalized spacial score (nSPS) is 10.6. The molecule has 7 nitrogen and oxygen atoms in total. The van der Waals surface area contributed by atoms with Gasteiger partial charge in [0.2, 0.25) is 0 Å². The maximum Gasteiger partial charge on any atom is 0.339 e. The molecule has 0 radical (unpaired) electrons. The van der Waals surface area contributed by atoms with Crippen LogP contribution in [0.5, 0.6) is 11.5 Å². The number of hydrogen-bond acceptors (Lipinski definition) is 6. The van der Waals surface area contributed by atoms with Crippen molar-refractivity contribution in [1.29, 1.82) is 5.26 Å². The number of benzene rings is 2. The molecule has 0 spiro atoms. The number of carbonyl (C=O) groups excluding carboxylic acids is 2. The molecule has 2 aromatic rings. The smallest absolute Gasteiger partial charge is 0.339 e. The molecular formula is C20H17IN2O5. The van der Waals surface area contributed by atoms with Gasteiger partial charge in [-0.15, -0.1) is 0 Å². The topological polar surface area (TPSA) is 97.7 Å². The first kappa shape index (κ1) is 21.2. The van der Waals surface area contributed by atoms with Gasteiger partial charge in [-0.3, -0.25) is 4.79 Å². The Hall–Kier alpha value is -3.06. The number of carbonyl (C=O) groups is 2. The number of methoxy groups -OCH3 is 3. The second-order valence-electron chi connectivity index (χ2n) is 5.40. The highest BCUT2D eigenvalue weighted by Crippen LogP contribution is 2.34. The molecule has 0 saturated carbocycles. The number of rotatable bonds is 6. The van der Waals surface area contributed by atoms with Gasteiger partial charge in [-0.1, -0.05) is 12.1 Å². The van der Waals surface area contributed by atoms with Crippen LogP contribution in [0.3, 0.4) is 0 Å². The van der Waals surface area contributed by atoms with Crippen molar-refractivity contribution in [2.75, 3.05) is 26.6 Å². The Bertz CT molecular complexity index is 979. The Morgan fingerprint density at radius 2 is 1.86 bits per heavy atom. The van der Waals surface area contributed by atoms with E-state index in [1.165, 1.54) is 33.5 Å². The van der Waals surface area contributed by atoms with Crippen LogP contribution in [0.2, 0.25) is 0 Å². The van der Waals surface area contributed by atoms with Crippen LogP contribution in [0.25, 0.3) is 6.08 Å². The number of esters is 1. The highest BCUT2D eigenvalue weighted by Gasteiger charge is 2.17. The zero-order chi connectivity index (χ0) is 20.7. The number of ether oxygens (including phenoxy) is 3. The third-order valence-electron chi connectivity index (χ3n) is 3.71. The molecule has 2 rings (SSSR count). The highest BCUT2D eigenvalue weighted by molar-refractivity contribution is 14.1. The molecule has 0 aliphatic carbocycles. The van der Waals surface area contributed by atoms with Gasteiger partial charge < -0.3 is 19.5 Å². The maximum absolute atomic E-state index is 12.6. The lowest BCUT2D eigenvalue weighted by Gasteiger charge is -2.11. The second kappa shape index (κ2) is 9.75. The number of anilines is 1. The summed E-state index contributed by atoms with van der Waals surface area (Å²) < 4.78 is 16.0. The fraction of sp³-hybridized carbons (Fsp3) is 0.150. The minimum atomic E-state index is -0.649. The number of nitrogens with one attached hydrogen (secondary N) is 1. The van der Waals surface area contributed by atoms with Crippen molar-refractivity contribution >= 4 is 46.2 Å². The van der Waals surface area contributed by atoms with Crippen LogP contribution in [0, 0.1) is 14.9 Å². The monoisotopic (exact) mass is 492 g/mol. The van der Waals surface area contributed by atoms with Crippen molar-refractivity contribution in [3.8, 4) is 17.6 Å². The van der Waals surface area contributed by atoms with E-state index in [4.69, 9.17) is 14.2 Å². The number of nitrogens with zero attached hydrogens (tertiary/aromatic N) is 1. The third-order valence-corrected chi connectivity index (χ3v) is 4.51. The van der Waals surface area contributed by atoms with E-state index in [0.29, 0.717) is 17.1 Å². The van der Waals surface area contributed by atoms with E-state index in [2.05, 4.69) is 27.9 Å². The van der Waals surface area contributed by atoms with Crippen LogP contribution in [-0.4, -0.2) is 33.2 Å². The molecular weight excluding hydrogens is 475 g/mol. The summed E-state index contributed by atoms with van der Waals surface area (Å²) in [6, 6.07) is 11.7. The number of hydrogen-bond donors (Lipinski definition) is 1. The quantitative estimate of drug-likeness (QED) is 0.286. The lowest BCUT2D eigenvalue weighted by Crippen LogP contribution is -2.16. The van der Waals surface area contributed by atoms with Gasteiger partial charge in [0, 0.05) is 0 Å². The largest absolute Gasteiger partial charge is 0.493 e. The maximum atomic E-state index is 12.6. The van der Waals surface area contributed by atoms with E-state index in [-0.39, 0.29) is 16.8 Å². The SMILES string of the molecule is COC(=O)c1ccccc1NC(=O)C(C#N)=Cc1cc(I)c(OC)c(OC)c1. The van der Waals surface area contributed by atoms with Crippen LogP contribution >= 0.6 is 22.6 Å². The lowest BCUT2D eigenvalue weighted by molar-refractivity contribution is -0.112. The van der Waals surface area contributed by atoms with Gasteiger partial charge in [0.15, 0.2) is 11.5 Å². The molecule has 28 heavy (non-hydrogen) atoms. The van der Waals surface area contributed by atoms with Gasteiger partial charge in [0.05, 0.1) is 36.2 Å². The van der Waals surface area contributed by atoms with Gasteiger partial charge in [0.25, 0.3) is 5.91 Å². The molecule has 8 heteroatoms. The summed E-state index contributed by atoms with van der Waals surface area (Å²) in [5.74, 6) is -0.193. The van der Waals surface area contributed by atoms with Crippen molar-refractivity contribution in [2.45, 2.75) is 0 Å². The Kier molecular flexibility index (Phi) is 7.40. The first-order chi connectivity index (χ1) is 13.4. The summed E-state index contributed by atoms with van der Waals surface area (Å²) in [6.07, 6.45) is 1.43. The predicted molar refractivity (Wildman–Crippen MR) is 112 cm³/mol. The van der Waals surface area contributed by atoms with Gasteiger partial charge in [0.1, 0.15) is 11.6 Å². The van der Waals surface area contributed by atoms with Crippen molar-refractivity contribution in [1.82, 2.24) is 0 Å². The molecule has 1 N–H and O–H groups in total. The van der Waals surface area contributed by atoms with Gasteiger partial charge in [-0.2, -0.15) is 5.26 Å². The fourth-order valence-electron chi connectivity index (χ4n) is 2.41. The van der Waals surface area contributed by atoms with Crippen LogP contribution in [-0.2, 0) is 9.53 Å². The first-order valence-corrected chi connectivity index (χ1v) is 9.05. The predicted octanol–water partition coefficient (Wildman–Crippen LogP) is 3.64. The Morgan fingerprint density at radius 3 is 2.46 bits per heavy atom. The number of amides is 1. The molecule has 2 aromatic carbocycles. The molecule has 144 valence electrons. The van der Waals surface area contributed by atoms with Crippen LogP contribution in [0.15, 0.2) is 42.0 Å². The average Bonchev–Trinajstić information content (AvgIpc) is 2.71. The van der Waals surface area contributed by atoms with E-state index in [0.717, 1.165) is 3.57 Å². The molecule has 0 heterocycles. The second-order valence-corrected chi connectivity index (χ2v) is 6.56. The van der Waals surface area contributed by atoms with E-state index in [9.17, 15) is 14.9 Å². The lowest BCUT2D eigenvalue weighted by atomic mass is 10.1. The Morgan fingerprint density at radius 1 is 1.14 bits per heavy atom. The molecule has 0 aromatic heterocycles. The zero-order valence-electron chi connectivity index (χ0n) is 15.4. The summed E-state index contributed by atoms with van der Waals surface area (Å²) in [6.45, 7) is 0. The van der Waals surface area contributed by atoms with Gasteiger partial charge in [-0.05, 0) is 58.5 Å². The molecule has 0 atom stereocenters. The molecule has 0 fully saturated rings. The minimum absolute atomic E-state index is 0.136. The molecule has 0 aliphatic heterocycles. The van der Waals surface area contributed by atoms with E-state index >= 15 is 0 Å². The number of para-hydroxylation sites is 1. The molecule has 0 aliphatic rings. The standard InChI is InChI=1S/C20H17IN2O5/c1-26-17-10-12(9-15(21)18(17)27-2)8-13(11-22)19(24)23-16-7-5-4-6-14(16)20(25)28-3/h4-10H,1-3H3,(H,23,24). The van der Waals surface area contributed by atoms with E-state index in [1.807, 2.05) is 6.07 Å². The van der Waals surface area contributed by atoms with Crippen molar-refractivity contribution in [3.05, 3.63) is 56.7 Å². The number of halogens is 1. The summed E-state index contributed by atoms with van der Waals surface area (Å²) in [5.41, 5.74) is 0.899. The van der Waals surface area contributed by atoms with Crippen LogP contribution < -0.4 is 14.8 Å². The number of nitriles is 1. The van der Waals surface area contributed by atoms with Crippen molar-refractivity contribution in [3.63, 3.8) is 0 Å². The summed E-state index contributed by atoms with van der Waals surface area (Å²) in [5, 5.41) is 12.0. The summed E-state index contributed by atoms with van der Waals surface area (Å²) >= 11 is 2.08.